The second-order valence-electron chi connectivity index (χ2n) is 5.43. The van der Waals surface area contributed by atoms with Crippen LogP contribution in [0.5, 0.6) is 0 Å². The number of hydrogen-bond donors (Lipinski definition) is 1. The Kier molecular flexibility index (Phi) is 6.94. The summed E-state index contributed by atoms with van der Waals surface area (Å²) < 4.78 is 30.4. The number of aryl methyl sites for hydroxylation is 1. The smallest absolute Gasteiger partial charge is 0.262 e. The van der Waals surface area contributed by atoms with Gasteiger partial charge in [-0.2, -0.15) is 4.37 Å². The van der Waals surface area contributed by atoms with E-state index in [-0.39, 0.29) is 30.7 Å². The molecule has 0 aromatic carbocycles. The molecule has 1 atom stereocenters. The third-order valence-corrected chi connectivity index (χ3v) is 4.65. The molecule has 6 nitrogen and oxygen atoms in total. The first kappa shape index (κ1) is 20.3. The lowest BCUT2D eigenvalue weighted by Crippen LogP contribution is -2.53. The van der Waals surface area contributed by atoms with Gasteiger partial charge in [-0.15, -0.1) is 24.8 Å². The number of piperazine rings is 1. The van der Waals surface area contributed by atoms with E-state index < -0.39 is 24.9 Å². The molecule has 11 heteroatoms. The molecule has 0 radical (unpaired) electrons. The highest BCUT2D eigenvalue weighted by Crippen LogP contribution is 2.26. The fourth-order valence-electron chi connectivity index (χ4n) is 2.64. The van der Waals surface area contributed by atoms with Crippen LogP contribution in [0.1, 0.15) is 12.2 Å². The lowest BCUT2D eigenvalue weighted by atomic mass is 10.1. The Hall–Kier alpha value is -0.770. The monoisotopic (exact) mass is 389 g/mol. The van der Waals surface area contributed by atoms with Gasteiger partial charge >= 0.3 is 0 Å². The summed E-state index contributed by atoms with van der Waals surface area (Å²) in [5.41, 5.74) is 0. The summed E-state index contributed by atoms with van der Waals surface area (Å²) in [6.07, 6.45) is -0.401. The van der Waals surface area contributed by atoms with E-state index >= 15 is 0 Å². The average Bonchev–Trinajstić information content (AvgIpc) is 3.04. The second-order valence-corrected chi connectivity index (χ2v) is 6.16. The first-order valence-corrected chi connectivity index (χ1v) is 7.67. The molecule has 2 fully saturated rings. The van der Waals surface area contributed by atoms with Gasteiger partial charge in [-0.3, -0.25) is 10.1 Å². The van der Waals surface area contributed by atoms with Crippen LogP contribution in [0, 0.1) is 6.92 Å². The third-order valence-electron chi connectivity index (χ3n) is 3.79. The predicted octanol–water partition coefficient (Wildman–Crippen LogP) is 1.34. The maximum Gasteiger partial charge on any atom is 0.262 e. The molecular weight excluding hydrogens is 371 g/mol. The van der Waals surface area contributed by atoms with Crippen molar-refractivity contribution in [2.45, 2.75) is 25.3 Å². The topological polar surface area (TPSA) is 61.4 Å². The summed E-state index contributed by atoms with van der Waals surface area (Å²) in [4.78, 5) is 20.3. The van der Waals surface area contributed by atoms with Crippen molar-refractivity contribution in [3.05, 3.63) is 5.82 Å². The zero-order valence-electron chi connectivity index (χ0n) is 12.5. The molecule has 1 aromatic heterocycles. The van der Waals surface area contributed by atoms with Gasteiger partial charge in [-0.1, -0.05) is 0 Å². The SMILES string of the molecule is Cc1nsc(N2CCN(C(=O)C3CC(F)(F)CN3)CC2)n1.Cl.Cl. The molecule has 0 bridgehead atoms. The number of anilines is 1. The summed E-state index contributed by atoms with van der Waals surface area (Å²) in [5.74, 6) is -2.25. The summed E-state index contributed by atoms with van der Waals surface area (Å²) in [5, 5.41) is 3.47. The van der Waals surface area contributed by atoms with Crippen LogP contribution in [0.25, 0.3) is 0 Å². The molecule has 2 aliphatic rings. The van der Waals surface area contributed by atoms with Crippen LogP contribution < -0.4 is 10.2 Å². The van der Waals surface area contributed by atoms with Crippen LogP contribution in [0.3, 0.4) is 0 Å². The van der Waals surface area contributed by atoms with Crippen molar-refractivity contribution in [3.8, 4) is 0 Å². The molecule has 1 unspecified atom stereocenters. The Bertz CT molecular complexity index is 539. The standard InChI is InChI=1S/C12H17F2N5OS.2ClH/c1-8-16-11(21-17-8)19-4-2-18(3-5-19)10(20)9-6-12(13,14)7-15-9;;/h9,15H,2-7H2,1H3;2*1H. The quantitative estimate of drug-likeness (QED) is 0.826. The highest BCUT2D eigenvalue weighted by molar-refractivity contribution is 7.09. The van der Waals surface area contributed by atoms with Crippen LogP contribution in [0.2, 0.25) is 0 Å². The van der Waals surface area contributed by atoms with Crippen molar-refractivity contribution in [1.29, 1.82) is 0 Å². The molecule has 2 aliphatic heterocycles. The Morgan fingerprint density at radius 2 is 1.96 bits per heavy atom. The van der Waals surface area contributed by atoms with Gasteiger partial charge < -0.3 is 9.80 Å². The van der Waals surface area contributed by atoms with Crippen molar-refractivity contribution in [2.24, 2.45) is 0 Å². The van der Waals surface area contributed by atoms with E-state index in [9.17, 15) is 13.6 Å². The lowest BCUT2D eigenvalue weighted by molar-refractivity contribution is -0.134. The van der Waals surface area contributed by atoms with Crippen LogP contribution in [-0.2, 0) is 4.79 Å². The molecule has 0 aliphatic carbocycles. The van der Waals surface area contributed by atoms with Gasteiger partial charge in [0.15, 0.2) is 0 Å². The molecule has 3 heterocycles. The lowest BCUT2D eigenvalue weighted by Gasteiger charge is -2.35. The number of aromatic nitrogens is 2. The fraction of sp³-hybridized carbons (Fsp3) is 0.750. The van der Waals surface area contributed by atoms with Gasteiger partial charge in [0.25, 0.3) is 5.92 Å². The first-order valence-electron chi connectivity index (χ1n) is 6.90. The van der Waals surface area contributed by atoms with Crippen LogP contribution in [0.4, 0.5) is 13.9 Å². The number of alkyl halides is 2. The molecule has 2 saturated heterocycles. The number of halogens is 4. The summed E-state index contributed by atoms with van der Waals surface area (Å²) in [6.45, 7) is 3.80. The van der Waals surface area contributed by atoms with E-state index in [0.29, 0.717) is 26.2 Å². The van der Waals surface area contributed by atoms with Crippen molar-refractivity contribution in [2.75, 3.05) is 37.6 Å². The third kappa shape index (κ3) is 4.62. The number of carbonyl (C=O) groups is 1. The van der Waals surface area contributed by atoms with E-state index in [1.807, 2.05) is 6.92 Å². The van der Waals surface area contributed by atoms with E-state index in [1.54, 1.807) is 4.90 Å². The van der Waals surface area contributed by atoms with Crippen molar-refractivity contribution < 1.29 is 13.6 Å². The minimum atomic E-state index is -2.77. The molecule has 132 valence electrons. The largest absolute Gasteiger partial charge is 0.343 e. The Balaban J connectivity index is 0.00000132. The Morgan fingerprint density at radius 1 is 1.30 bits per heavy atom. The molecular formula is C12H19Cl2F2N5OS. The normalized spacial score (nSPS) is 23.2. The van der Waals surface area contributed by atoms with Gasteiger partial charge in [0, 0.05) is 44.1 Å². The number of amides is 1. The van der Waals surface area contributed by atoms with Crippen molar-refractivity contribution in [1.82, 2.24) is 19.6 Å². The predicted molar refractivity (Wildman–Crippen MR) is 89.3 cm³/mol. The van der Waals surface area contributed by atoms with Gasteiger partial charge in [0.05, 0.1) is 12.6 Å². The maximum absolute atomic E-state index is 13.2. The van der Waals surface area contributed by atoms with E-state index in [1.165, 1.54) is 11.5 Å². The first-order chi connectivity index (χ1) is 9.94. The summed E-state index contributed by atoms with van der Waals surface area (Å²) in [6, 6.07) is -0.754. The summed E-state index contributed by atoms with van der Waals surface area (Å²) in [7, 11) is 0. The van der Waals surface area contributed by atoms with Crippen LogP contribution >= 0.6 is 36.3 Å². The van der Waals surface area contributed by atoms with Crippen LogP contribution in [-0.4, -0.2) is 64.9 Å². The van der Waals surface area contributed by atoms with Gasteiger partial charge in [0.1, 0.15) is 5.82 Å². The van der Waals surface area contributed by atoms with Gasteiger partial charge in [-0.25, -0.2) is 13.8 Å². The van der Waals surface area contributed by atoms with Crippen molar-refractivity contribution >= 4 is 47.4 Å². The average molecular weight is 390 g/mol. The highest BCUT2D eigenvalue weighted by atomic mass is 35.5. The molecule has 1 amide bonds. The molecule has 1 aromatic rings. The molecule has 1 N–H and O–H groups in total. The number of carbonyl (C=O) groups excluding carboxylic acids is 1. The number of hydrogen-bond acceptors (Lipinski definition) is 6. The molecule has 23 heavy (non-hydrogen) atoms. The number of nitrogens with one attached hydrogen (secondary N) is 1. The minimum absolute atomic E-state index is 0. The molecule has 0 saturated carbocycles. The zero-order valence-corrected chi connectivity index (χ0v) is 14.9. The number of nitrogens with zero attached hydrogens (tertiary/aromatic N) is 4. The van der Waals surface area contributed by atoms with Crippen LogP contribution in [0.15, 0.2) is 0 Å². The fourth-order valence-corrected chi connectivity index (χ4v) is 3.37. The second kappa shape index (κ2) is 7.87. The summed E-state index contributed by atoms with van der Waals surface area (Å²) >= 11 is 1.34. The maximum atomic E-state index is 13.2. The minimum Gasteiger partial charge on any atom is -0.343 e. The van der Waals surface area contributed by atoms with Crippen molar-refractivity contribution in [3.63, 3.8) is 0 Å². The number of rotatable bonds is 2. The van der Waals surface area contributed by atoms with E-state index in [0.717, 1.165) is 11.0 Å². The van der Waals surface area contributed by atoms with Gasteiger partial charge in [0.2, 0.25) is 11.0 Å². The van der Waals surface area contributed by atoms with E-state index in [2.05, 4.69) is 19.6 Å². The highest BCUT2D eigenvalue weighted by Gasteiger charge is 2.43. The van der Waals surface area contributed by atoms with Gasteiger partial charge in [-0.05, 0) is 6.92 Å². The zero-order chi connectivity index (χ0) is 15.0. The molecule has 0 spiro atoms. The Morgan fingerprint density at radius 3 is 2.43 bits per heavy atom. The Labute approximate surface area is 149 Å². The molecule has 3 rings (SSSR count). The van der Waals surface area contributed by atoms with E-state index in [4.69, 9.17) is 0 Å².